The Morgan fingerprint density at radius 2 is 0.295 bits per heavy atom. The van der Waals surface area contributed by atoms with Gasteiger partial charge in [0.05, 0.1) is 151 Å². The number of aromatic amines is 2. The van der Waals surface area contributed by atoms with Crippen LogP contribution in [-0.4, -0.2) is 337 Å². The zero-order chi connectivity index (χ0) is 92.4. The monoisotopic (exact) mass is 1840 g/mol. The molecular weight excluding hydrogens is 1720 g/mol. The summed E-state index contributed by atoms with van der Waals surface area (Å²) in [6.07, 6.45) is -4.35. The molecule has 3 aromatic heterocycles. The summed E-state index contributed by atoms with van der Waals surface area (Å²) in [6.45, 7) is 8.90. The van der Waals surface area contributed by atoms with Gasteiger partial charge in [0.25, 0.3) is 0 Å². The van der Waals surface area contributed by atoms with Crippen LogP contribution in [0.3, 0.4) is 0 Å². The molecule has 2 N–H and O–H groups in total. The zero-order valence-corrected chi connectivity index (χ0v) is 78.1. The molecule has 0 fully saturated rings. The molecule has 13 heterocycles. The number of nitrogens with zero attached hydrogens (tertiary/aromatic N) is 2. The third kappa shape index (κ3) is 17.1. The van der Waals surface area contributed by atoms with Crippen molar-refractivity contribution in [3.05, 3.63) is 69.3 Å². The van der Waals surface area contributed by atoms with Crippen molar-refractivity contribution >= 4 is 46.4 Å². The Kier molecular flexibility index (Phi) is 28.9. The van der Waals surface area contributed by atoms with Crippen molar-refractivity contribution in [1.82, 2.24) is 19.9 Å². The molecule has 0 spiro atoms. The molecule has 16 atom stereocenters. The third-order valence-corrected chi connectivity index (χ3v) is 24.9. The van der Waals surface area contributed by atoms with E-state index >= 15 is 0 Å². The maximum absolute atomic E-state index is 7.51. The molecule has 16 unspecified atom stereocenters. The Morgan fingerprint density at radius 1 is 0.182 bits per heavy atom. The Bertz CT molecular complexity index is 4720. The topological polar surface area (TPSA) is 353 Å². The first-order valence-corrected chi connectivity index (χ1v) is 43.9. The van der Waals surface area contributed by atoms with Gasteiger partial charge in [0, 0.05) is 180 Å². The van der Waals surface area contributed by atoms with Crippen LogP contribution in [0, 0.1) is 27.7 Å². The molecule has 132 heavy (non-hydrogen) atoms. The standard InChI is InChI=1S/C96H118N4O32/c1-45-81-89(125-65(37-109-13)57(117-81)29-101-5)77(90-82(45)118-58(30-102-6)66(126-90)38-110-14)73-49-21-23-51(97-49)74(78-91-83(119-59(31-103-7)67(127-91)39-111-15)46(2)84-92(78)128-68(40-112-16)60(120-84)32-104-8)53-25-27-55(99-53)76(80-95-87(123-63(35-107-11)71(131-95)43-115-19)48(4)88-96(80)132-72(44-116-20)64(124-88)36-108-12)56-28-26-54(100-56)75(52-24-22-50(73)98-52)79-93-85(121-61(33-105-9)69(129-93)41-113-17)47(3)86-94(79)130-70(42-114-18)62(122-86)34-106-10/h21-28,57-72,97,100H,29-44H2,1-20H3. The molecule has 10 aliphatic heterocycles. The second kappa shape index (κ2) is 40.8. The highest BCUT2D eigenvalue weighted by Crippen LogP contribution is 2.65. The molecule has 0 saturated heterocycles. The molecule has 8 bridgehead atoms. The van der Waals surface area contributed by atoms with Crippen LogP contribution in [0.25, 0.3) is 90.9 Å². The molecule has 4 aromatic carbocycles. The molecule has 0 amide bonds. The van der Waals surface area contributed by atoms with E-state index in [4.69, 9.17) is 162 Å². The molecule has 10 aliphatic rings. The number of aromatic nitrogens is 4. The number of ether oxygens (including phenoxy) is 32. The van der Waals surface area contributed by atoms with Gasteiger partial charge in [-0.3, -0.25) is 0 Å². The van der Waals surface area contributed by atoms with Gasteiger partial charge in [0.2, 0.25) is 0 Å². The van der Waals surface area contributed by atoms with Crippen LogP contribution < -0.4 is 75.8 Å². The van der Waals surface area contributed by atoms with Crippen LogP contribution >= 0.6 is 0 Å². The van der Waals surface area contributed by atoms with Gasteiger partial charge in [0.1, 0.15) is 0 Å². The van der Waals surface area contributed by atoms with E-state index in [0.717, 1.165) is 0 Å². The normalized spacial score (nSPS) is 24.3. The molecule has 7 aromatic rings. The first-order chi connectivity index (χ1) is 64.4. The summed E-state index contributed by atoms with van der Waals surface area (Å²) in [5.41, 5.74) is 8.16. The van der Waals surface area contributed by atoms with Gasteiger partial charge in [-0.05, 0) is 76.3 Å². The first-order valence-electron chi connectivity index (χ1n) is 43.9. The number of methoxy groups -OCH3 is 16. The first kappa shape index (κ1) is 93.4. The number of nitrogens with one attached hydrogen (secondary N) is 2. The third-order valence-electron chi connectivity index (χ3n) is 24.9. The second-order valence-corrected chi connectivity index (χ2v) is 33.6. The van der Waals surface area contributed by atoms with Crippen molar-refractivity contribution in [1.29, 1.82) is 0 Å². The van der Waals surface area contributed by atoms with Gasteiger partial charge < -0.3 is 162 Å². The van der Waals surface area contributed by atoms with E-state index in [2.05, 4.69) is 9.97 Å². The highest BCUT2D eigenvalue weighted by Gasteiger charge is 2.51. The van der Waals surface area contributed by atoms with Gasteiger partial charge in [-0.2, -0.15) is 0 Å². The summed E-state index contributed by atoms with van der Waals surface area (Å²) in [5, 5.41) is 0. The number of H-pyrrole nitrogens is 2. The molecule has 36 heteroatoms. The average Bonchev–Trinajstić information content (AvgIpc) is 1.19. The van der Waals surface area contributed by atoms with Gasteiger partial charge in [0.15, 0.2) is 190 Å². The molecule has 36 nitrogen and oxygen atoms in total. The van der Waals surface area contributed by atoms with Crippen LogP contribution in [0.2, 0.25) is 0 Å². The molecule has 0 aliphatic carbocycles. The van der Waals surface area contributed by atoms with E-state index in [1.54, 1.807) is 114 Å². The molecule has 17 rings (SSSR count). The van der Waals surface area contributed by atoms with Gasteiger partial charge in [-0.15, -0.1) is 0 Å². The number of benzene rings is 4. The fourth-order valence-electron chi connectivity index (χ4n) is 18.8. The zero-order valence-electron chi connectivity index (χ0n) is 78.1. The quantitative estimate of drug-likeness (QED) is 0.0368. The summed E-state index contributed by atoms with van der Waals surface area (Å²) < 4.78 is 214. The van der Waals surface area contributed by atoms with Crippen LogP contribution in [0.15, 0.2) is 24.3 Å². The van der Waals surface area contributed by atoms with Crippen molar-refractivity contribution in [2.45, 2.75) is 125 Å². The van der Waals surface area contributed by atoms with Crippen LogP contribution in [-0.2, 0) is 75.8 Å². The van der Waals surface area contributed by atoms with E-state index in [9.17, 15) is 0 Å². The van der Waals surface area contributed by atoms with Crippen LogP contribution in [0.1, 0.15) is 45.0 Å². The molecule has 0 radical (unpaired) electrons. The number of hydrogen-bond donors (Lipinski definition) is 2. The van der Waals surface area contributed by atoms with Crippen molar-refractivity contribution in [3.8, 4) is 136 Å². The maximum atomic E-state index is 7.51. The maximum Gasteiger partial charge on any atom is 0.174 e. The summed E-state index contributed by atoms with van der Waals surface area (Å²) >= 11 is 0. The van der Waals surface area contributed by atoms with E-state index in [0.29, 0.717) is 158 Å². The van der Waals surface area contributed by atoms with E-state index in [1.165, 1.54) is 0 Å². The fraction of sp³-hybridized carbons (Fsp3) is 0.542. The van der Waals surface area contributed by atoms with E-state index < -0.39 is 97.7 Å². The molecule has 714 valence electrons. The lowest BCUT2D eigenvalue weighted by molar-refractivity contribution is -0.0595. The van der Waals surface area contributed by atoms with Crippen LogP contribution in [0.5, 0.6) is 92.0 Å². The smallest absolute Gasteiger partial charge is 0.174 e. The minimum atomic E-state index is -0.791. The number of rotatable bonds is 36. The van der Waals surface area contributed by atoms with E-state index in [1.807, 2.05) is 76.3 Å². The number of fused-ring (bicyclic) bond motifs is 16. The average molecular weight is 1840 g/mol. The minimum absolute atomic E-state index is 0.0596. The summed E-state index contributed by atoms with van der Waals surface area (Å²) in [7, 11) is 25.6. The minimum Gasteiger partial charge on any atom is -0.480 e. The van der Waals surface area contributed by atoms with Gasteiger partial charge in [-0.25, -0.2) is 9.97 Å². The van der Waals surface area contributed by atoms with Gasteiger partial charge in [-0.1, -0.05) is 0 Å². The predicted molar refractivity (Wildman–Crippen MR) is 480 cm³/mol. The van der Waals surface area contributed by atoms with Crippen molar-refractivity contribution in [3.63, 3.8) is 0 Å². The lowest BCUT2D eigenvalue weighted by Gasteiger charge is -2.40. The lowest BCUT2D eigenvalue weighted by Crippen LogP contribution is -2.47. The van der Waals surface area contributed by atoms with Crippen molar-refractivity contribution in [2.75, 3.05) is 219 Å². The summed E-state index contributed by atoms with van der Waals surface area (Å²) in [4.78, 5) is 20.1. The SMILES string of the molecule is COCC1Oc2c(C)c3c(c(-c4c5nc(c(-c6c7c(c(C)c8c6OC(COC)C(COC)O8)OC(COC)C(COC)O7)c6ccc([nH]6)c(-c6c7c(c(C)c8c6OC(COC)C(COC)O8)OC(COC)C(COC)O7)c6nc(c(-c7c8c(c(C)c9c7OC(COC)C(COC)O9)OC(COC)C(COC)O8)c7ccc4[nH]7)C=C6)C=C5)c2OC1COC)OC(COC)C(COC)O3. The lowest BCUT2D eigenvalue weighted by atomic mass is 9.95. The van der Waals surface area contributed by atoms with Crippen LogP contribution in [0.4, 0.5) is 0 Å². The Hall–Kier alpha value is -10.4. The Labute approximate surface area is 765 Å². The highest BCUT2D eigenvalue weighted by molar-refractivity contribution is 6.06. The Balaban J connectivity index is 1.11. The second-order valence-electron chi connectivity index (χ2n) is 33.6. The largest absolute Gasteiger partial charge is 0.480 e. The molecule has 0 saturated carbocycles. The fourth-order valence-corrected chi connectivity index (χ4v) is 18.8. The Morgan fingerprint density at radius 3 is 0.409 bits per heavy atom. The van der Waals surface area contributed by atoms with Crippen molar-refractivity contribution in [2.24, 2.45) is 0 Å². The van der Waals surface area contributed by atoms with E-state index in [-0.39, 0.29) is 152 Å². The van der Waals surface area contributed by atoms with Gasteiger partial charge >= 0.3 is 0 Å². The van der Waals surface area contributed by atoms with Crippen molar-refractivity contribution < 1.29 is 152 Å². The molecular formula is C96H118N4O32. The summed E-state index contributed by atoms with van der Waals surface area (Å²) in [5.74, 6) is 4.60. The predicted octanol–water partition coefficient (Wildman–Crippen LogP) is 11.0. The highest BCUT2D eigenvalue weighted by atomic mass is 16.7. The summed E-state index contributed by atoms with van der Waals surface area (Å²) in [6, 6.07) is 7.78. The number of hydrogen-bond acceptors (Lipinski definition) is 34.